The van der Waals surface area contributed by atoms with Crippen molar-refractivity contribution in [2.45, 2.75) is 51.6 Å². The average Bonchev–Trinajstić information content (AvgIpc) is 2.65. The van der Waals surface area contributed by atoms with Gasteiger partial charge in [0, 0.05) is 25.8 Å². The van der Waals surface area contributed by atoms with Crippen LogP contribution in [-0.2, 0) is 5.60 Å². The fraction of sp³-hybridized carbons (Fsp3) is 0.700. The maximum absolute atomic E-state index is 11.3. The Kier molecular flexibility index (Phi) is 6.48. The normalized spacial score (nSPS) is 23.0. The average molecular weight is 361 g/mol. The van der Waals surface area contributed by atoms with Gasteiger partial charge in [-0.25, -0.2) is 4.98 Å². The van der Waals surface area contributed by atoms with Gasteiger partial charge in [-0.05, 0) is 51.9 Å². The maximum atomic E-state index is 11.3. The second kappa shape index (κ2) is 8.82. The highest BCUT2D eigenvalue weighted by Gasteiger charge is 2.38. The van der Waals surface area contributed by atoms with Crippen LogP contribution >= 0.6 is 0 Å². The van der Waals surface area contributed by atoms with E-state index < -0.39 is 5.60 Å². The van der Waals surface area contributed by atoms with Crippen molar-refractivity contribution in [2.75, 3.05) is 32.8 Å². The highest BCUT2D eigenvalue weighted by atomic mass is 16.5. The topological polar surface area (TPSA) is 67.7 Å². The fourth-order valence-corrected chi connectivity index (χ4v) is 3.88. The van der Waals surface area contributed by atoms with E-state index in [-0.39, 0.29) is 0 Å². The first-order valence-corrected chi connectivity index (χ1v) is 9.87. The molecule has 1 aliphatic carbocycles. The highest BCUT2D eigenvalue weighted by Crippen LogP contribution is 2.38. The molecule has 0 aromatic carbocycles. The second-order valence-corrected chi connectivity index (χ2v) is 7.22. The number of hydrogen-bond donors (Lipinski definition) is 1. The lowest BCUT2D eigenvalue weighted by molar-refractivity contribution is -0.0315. The van der Waals surface area contributed by atoms with E-state index >= 15 is 0 Å². The van der Waals surface area contributed by atoms with Crippen molar-refractivity contribution in [1.29, 1.82) is 0 Å². The Balaban J connectivity index is 1.66. The van der Waals surface area contributed by atoms with E-state index in [0.717, 1.165) is 25.6 Å². The number of aromatic nitrogens is 2. The van der Waals surface area contributed by atoms with Gasteiger partial charge in [-0.15, -0.1) is 0 Å². The monoisotopic (exact) mass is 361 g/mol. The molecule has 1 aromatic heterocycles. The number of rotatable bonds is 7. The summed E-state index contributed by atoms with van der Waals surface area (Å²) in [6.45, 7) is 7.69. The number of piperidine rings is 1. The lowest BCUT2D eigenvalue weighted by Crippen LogP contribution is -2.44. The molecule has 6 nitrogen and oxygen atoms in total. The second-order valence-electron chi connectivity index (χ2n) is 7.22. The van der Waals surface area contributed by atoms with E-state index in [1.807, 2.05) is 13.8 Å². The SMILES string of the molecule is CCOc1ncc(C2(O)CCN(CC3CC=CCC3)CC2)c(OCC)n1. The van der Waals surface area contributed by atoms with E-state index in [9.17, 15) is 5.11 Å². The molecule has 3 rings (SSSR count). The van der Waals surface area contributed by atoms with E-state index in [1.165, 1.54) is 19.3 Å². The zero-order valence-electron chi connectivity index (χ0n) is 16.0. The van der Waals surface area contributed by atoms with Crippen molar-refractivity contribution in [2.24, 2.45) is 5.92 Å². The van der Waals surface area contributed by atoms with Crippen LogP contribution < -0.4 is 9.47 Å². The zero-order valence-corrected chi connectivity index (χ0v) is 16.0. The van der Waals surface area contributed by atoms with Gasteiger partial charge in [0.15, 0.2) is 0 Å². The van der Waals surface area contributed by atoms with Crippen molar-refractivity contribution in [3.05, 3.63) is 23.9 Å². The zero-order chi connectivity index (χ0) is 18.4. The Morgan fingerprint density at radius 3 is 2.62 bits per heavy atom. The van der Waals surface area contributed by atoms with E-state index in [4.69, 9.17) is 9.47 Å². The molecule has 2 heterocycles. The first-order valence-electron chi connectivity index (χ1n) is 9.87. The van der Waals surface area contributed by atoms with Gasteiger partial charge >= 0.3 is 6.01 Å². The quantitative estimate of drug-likeness (QED) is 0.753. The van der Waals surface area contributed by atoms with Gasteiger partial charge < -0.3 is 19.5 Å². The number of nitrogens with zero attached hydrogens (tertiary/aromatic N) is 3. The van der Waals surface area contributed by atoms with Crippen LogP contribution in [0, 0.1) is 5.92 Å². The summed E-state index contributed by atoms with van der Waals surface area (Å²) in [5.74, 6) is 1.19. The van der Waals surface area contributed by atoms with Gasteiger partial charge in [0.2, 0.25) is 5.88 Å². The molecule has 2 aliphatic rings. The van der Waals surface area contributed by atoms with Crippen LogP contribution in [0.3, 0.4) is 0 Å². The predicted molar refractivity (Wildman–Crippen MR) is 100 cm³/mol. The molecule has 0 amide bonds. The number of hydrogen-bond acceptors (Lipinski definition) is 6. The lowest BCUT2D eigenvalue weighted by Gasteiger charge is -2.40. The molecule has 1 saturated heterocycles. The van der Waals surface area contributed by atoms with Crippen LogP contribution in [0.5, 0.6) is 11.9 Å². The van der Waals surface area contributed by atoms with E-state index in [0.29, 0.717) is 43.5 Å². The summed E-state index contributed by atoms with van der Waals surface area (Å²) in [7, 11) is 0. The maximum Gasteiger partial charge on any atom is 0.319 e. The Labute approximate surface area is 156 Å². The summed E-state index contributed by atoms with van der Waals surface area (Å²) >= 11 is 0. The summed E-state index contributed by atoms with van der Waals surface area (Å²) in [5, 5.41) is 11.3. The molecule has 1 N–H and O–H groups in total. The van der Waals surface area contributed by atoms with Crippen molar-refractivity contribution in [3.63, 3.8) is 0 Å². The third-order valence-electron chi connectivity index (χ3n) is 5.36. The summed E-state index contributed by atoms with van der Waals surface area (Å²) in [5.41, 5.74) is -0.249. The lowest BCUT2D eigenvalue weighted by atomic mass is 9.84. The third-order valence-corrected chi connectivity index (χ3v) is 5.36. The Morgan fingerprint density at radius 1 is 1.19 bits per heavy atom. The van der Waals surface area contributed by atoms with Crippen LogP contribution in [-0.4, -0.2) is 52.8 Å². The molecule has 1 fully saturated rings. The molecule has 0 saturated carbocycles. The molecule has 1 atom stereocenters. The molecule has 1 aliphatic heterocycles. The molecule has 1 unspecified atom stereocenters. The molecule has 6 heteroatoms. The molecular formula is C20H31N3O3. The van der Waals surface area contributed by atoms with Gasteiger partial charge in [0.05, 0.1) is 24.4 Å². The predicted octanol–water partition coefficient (Wildman–Crippen LogP) is 2.91. The van der Waals surface area contributed by atoms with Gasteiger partial charge in [-0.1, -0.05) is 12.2 Å². The minimum absolute atomic E-state index is 0.297. The van der Waals surface area contributed by atoms with Crippen LogP contribution in [0.4, 0.5) is 0 Å². The summed E-state index contributed by atoms with van der Waals surface area (Å²) < 4.78 is 11.1. The molecule has 1 aromatic rings. The molecular weight excluding hydrogens is 330 g/mol. The first kappa shape index (κ1) is 19.1. The van der Waals surface area contributed by atoms with Crippen molar-refractivity contribution in [1.82, 2.24) is 14.9 Å². The van der Waals surface area contributed by atoms with Gasteiger partial charge in [0.25, 0.3) is 0 Å². The van der Waals surface area contributed by atoms with E-state index in [1.54, 1.807) is 6.20 Å². The summed E-state index contributed by atoms with van der Waals surface area (Å²) in [4.78, 5) is 11.1. The smallest absolute Gasteiger partial charge is 0.319 e. The van der Waals surface area contributed by atoms with Crippen molar-refractivity contribution < 1.29 is 14.6 Å². The number of likely N-dealkylation sites (tertiary alicyclic amines) is 1. The highest BCUT2D eigenvalue weighted by molar-refractivity contribution is 5.32. The van der Waals surface area contributed by atoms with Crippen LogP contribution in [0.1, 0.15) is 51.5 Å². The van der Waals surface area contributed by atoms with Crippen LogP contribution in [0.15, 0.2) is 18.3 Å². The van der Waals surface area contributed by atoms with Crippen LogP contribution in [0.2, 0.25) is 0 Å². The molecule has 0 bridgehead atoms. The van der Waals surface area contributed by atoms with Crippen molar-refractivity contribution in [3.8, 4) is 11.9 Å². The Morgan fingerprint density at radius 2 is 1.96 bits per heavy atom. The minimum atomic E-state index is -0.932. The summed E-state index contributed by atoms with van der Waals surface area (Å²) in [6.07, 6.45) is 11.3. The largest absolute Gasteiger partial charge is 0.478 e. The van der Waals surface area contributed by atoms with Gasteiger partial charge in [-0.2, -0.15) is 4.98 Å². The Bertz CT molecular complexity index is 612. The summed E-state index contributed by atoms with van der Waals surface area (Å²) in [6, 6.07) is 0.297. The molecule has 144 valence electrons. The minimum Gasteiger partial charge on any atom is -0.478 e. The fourth-order valence-electron chi connectivity index (χ4n) is 3.88. The van der Waals surface area contributed by atoms with Gasteiger partial charge in [-0.3, -0.25) is 0 Å². The van der Waals surface area contributed by atoms with Crippen molar-refractivity contribution >= 4 is 0 Å². The van der Waals surface area contributed by atoms with Crippen LogP contribution in [0.25, 0.3) is 0 Å². The standard InChI is InChI=1S/C20H31N3O3/c1-3-25-18-17(14-21-19(22-18)26-4-2)20(24)10-12-23(13-11-20)15-16-8-6-5-7-9-16/h5-6,14,16,24H,3-4,7-13,15H2,1-2H3. The van der Waals surface area contributed by atoms with Gasteiger partial charge in [0.1, 0.15) is 0 Å². The number of aliphatic hydroxyl groups is 1. The Hall–Kier alpha value is -1.66. The van der Waals surface area contributed by atoms with E-state index in [2.05, 4.69) is 27.0 Å². The molecule has 0 radical (unpaired) electrons. The third kappa shape index (κ3) is 4.54. The first-order chi connectivity index (χ1) is 12.6. The molecule has 0 spiro atoms. The number of allylic oxidation sites excluding steroid dienone is 2. The molecule has 26 heavy (non-hydrogen) atoms. The number of ether oxygens (including phenoxy) is 2.